The lowest BCUT2D eigenvalue weighted by Crippen LogP contribution is -2.54. The van der Waals surface area contributed by atoms with E-state index in [9.17, 15) is 18.0 Å². The number of amides is 2. The Bertz CT molecular complexity index is 1760. The number of aryl methyl sites for hydroxylation is 1. The van der Waals surface area contributed by atoms with Crippen molar-refractivity contribution in [1.82, 2.24) is 10.2 Å². The Morgan fingerprint density at radius 1 is 0.826 bits per heavy atom. The molecule has 0 aliphatic heterocycles. The first kappa shape index (κ1) is 33.5. The zero-order valence-corrected chi connectivity index (χ0v) is 27.9. The van der Waals surface area contributed by atoms with E-state index in [1.165, 1.54) is 17.0 Å². The van der Waals surface area contributed by atoms with Crippen LogP contribution in [0.25, 0.3) is 0 Å². The summed E-state index contributed by atoms with van der Waals surface area (Å²) >= 11 is 12.7. The lowest BCUT2D eigenvalue weighted by atomic mass is 10.0. The SMILES string of the molecule is Cc1ccc(Cl)cc1N(CC(=O)N(Cc1cccc(Cl)c1)[C@H](Cc1ccccc1)C(=O)NC1CCCC1)S(=O)(=O)c1ccccc1. The number of halogens is 2. The highest BCUT2D eigenvalue weighted by atomic mass is 35.5. The van der Waals surface area contributed by atoms with Gasteiger partial charge in [0.2, 0.25) is 11.8 Å². The number of nitrogens with one attached hydrogen (secondary N) is 1. The summed E-state index contributed by atoms with van der Waals surface area (Å²) in [7, 11) is -4.22. The van der Waals surface area contributed by atoms with Crippen LogP contribution in [-0.4, -0.2) is 43.8 Å². The minimum Gasteiger partial charge on any atom is -0.352 e. The van der Waals surface area contributed by atoms with Crippen molar-refractivity contribution in [3.63, 3.8) is 0 Å². The van der Waals surface area contributed by atoms with Crippen LogP contribution >= 0.6 is 23.2 Å². The topological polar surface area (TPSA) is 86.8 Å². The van der Waals surface area contributed by atoms with Crippen molar-refractivity contribution in [1.29, 1.82) is 0 Å². The Labute approximate surface area is 281 Å². The van der Waals surface area contributed by atoms with Gasteiger partial charge in [0.1, 0.15) is 12.6 Å². The van der Waals surface area contributed by atoms with E-state index in [0.29, 0.717) is 21.2 Å². The van der Waals surface area contributed by atoms with Crippen LogP contribution in [0.5, 0.6) is 0 Å². The molecule has 1 fully saturated rings. The van der Waals surface area contributed by atoms with Crippen LogP contribution in [0.15, 0.2) is 108 Å². The molecule has 0 aromatic heterocycles. The number of benzene rings is 4. The molecular formula is C36H37Cl2N3O4S. The molecule has 1 aliphatic carbocycles. The Morgan fingerprint density at radius 3 is 2.13 bits per heavy atom. The van der Waals surface area contributed by atoms with E-state index >= 15 is 0 Å². The second-order valence-corrected chi connectivity index (χ2v) is 14.3. The molecule has 0 bridgehead atoms. The summed E-state index contributed by atoms with van der Waals surface area (Å²) in [5, 5.41) is 4.00. The molecule has 0 heterocycles. The second kappa shape index (κ2) is 15.2. The van der Waals surface area contributed by atoms with Gasteiger partial charge < -0.3 is 10.2 Å². The van der Waals surface area contributed by atoms with Crippen molar-refractivity contribution in [2.45, 2.75) is 62.6 Å². The zero-order valence-electron chi connectivity index (χ0n) is 25.6. The summed E-state index contributed by atoms with van der Waals surface area (Å²) in [4.78, 5) is 30.3. The molecule has 1 N–H and O–H groups in total. The molecule has 1 saturated carbocycles. The Morgan fingerprint density at radius 2 is 1.46 bits per heavy atom. The van der Waals surface area contributed by atoms with Crippen LogP contribution in [-0.2, 0) is 32.6 Å². The quantitative estimate of drug-likeness (QED) is 0.172. The second-order valence-electron chi connectivity index (χ2n) is 11.6. The van der Waals surface area contributed by atoms with Crippen molar-refractivity contribution in [3.8, 4) is 0 Å². The van der Waals surface area contributed by atoms with E-state index < -0.39 is 28.5 Å². The fourth-order valence-corrected chi connectivity index (χ4v) is 7.71. The number of rotatable bonds is 12. The summed E-state index contributed by atoms with van der Waals surface area (Å²) in [6.45, 7) is 1.25. The Kier molecular flexibility index (Phi) is 11.0. The third kappa shape index (κ3) is 8.29. The smallest absolute Gasteiger partial charge is 0.264 e. The summed E-state index contributed by atoms with van der Waals surface area (Å²) in [5.41, 5.74) is 2.49. The number of carbonyl (C=O) groups is 2. The number of hydrogen-bond acceptors (Lipinski definition) is 4. The maximum atomic E-state index is 14.6. The minimum atomic E-state index is -4.22. The fraction of sp³-hybridized carbons (Fsp3) is 0.278. The first-order valence-electron chi connectivity index (χ1n) is 15.3. The molecular weight excluding hydrogens is 641 g/mol. The van der Waals surface area contributed by atoms with E-state index in [-0.39, 0.29) is 35.5 Å². The normalized spacial score (nSPS) is 14.1. The monoisotopic (exact) mass is 677 g/mol. The van der Waals surface area contributed by atoms with Crippen LogP contribution in [0.1, 0.15) is 42.4 Å². The molecule has 0 saturated heterocycles. The molecule has 240 valence electrons. The van der Waals surface area contributed by atoms with E-state index in [2.05, 4.69) is 5.32 Å². The van der Waals surface area contributed by atoms with Gasteiger partial charge in [0.25, 0.3) is 10.0 Å². The highest BCUT2D eigenvalue weighted by molar-refractivity contribution is 7.92. The molecule has 4 aromatic carbocycles. The maximum absolute atomic E-state index is 14.6. The molecule has 10 heteroatoms. The standard InChI is InChI=1S/C36H37Cl2N3O4S/c1-26-19-20-30(38)23-33(26)41(46(44,45)32-17-6-3-7-18-32)25-35(42)40(24-28-13-10-14-29(37)21-28)34(22-27-11-4-2-5-12-27)36(43)39-31-15-8-9-16-31/h2-7,10-14,17-21,23,31,34H,8-9,15-16,22,24-25H2,1H3,(H,39,43)/t34-/m1/s1. The summed E-state index contributed by atoms with van der Waals surface area (Å²) in [6, 6.07) is 28.6. The van der Waals surface area contributed by atoms with Gasteiger partial charge in [0, 0.05) is 29.1 Å². The first-order chi connectivity index (χ1) is 22.1. The van der Waals surface area contributed by atoms with Gasteiger partial charge in [-0.2, -0.15) is 0 Å². The van der Waals surface area contributed by atoms with Crippen LogP contribution in [0.4, 0.5) is 5.69 Å². The molecule has 0 unspecified atom stereocenters. The van der Waals surface area contributed by atoms with Gasteiger partial charge in [-0.1, -0.05) is 103 Å². The third-order valence-electron chi connectivity index (χ3n) is 8.26. The largest absolute Gasteiger partial charge is 0.352 e. The van der Waals surface area contributed by atoms with Gasteiger partial charge in [-0.25, -0.2) is 8.42 Å². The lowest BCUT2D eigenvalue weighted by Gasteiger charge is -2.34. The van der Waals surface area contributed by atoms with E-state index in [0.717, 1.165) is 35.6 Å². The fourth-order valence-electron chi connectivity index (χ4n) is 5.84. The van der Waals surface area contributed by atoms with Gasteiger partial charge in [0.05, 0.1) is 10.6 Å². The lowest BCUT2D eigenvalue weighted by molar-refractivity contribution is -0.140. The maximum Gasteiger partial charge on any atom is 0.264 e. The predicted molar refractivity (Wildman–Crippen MR) is 183 cm³/mol. The van der Waals surface area contributed by atoms with Crippen LogP contribution < -0.4 is 9.62 Å². The van der Waals surface area contributed by atoms with Crippen molar-refractivity contribution >= 4 is 50.7 Å². The van der Waals surface area contributed by atoms with Gasteiger partial charge >= 0.3 is 0 Å². The van der Waals surface area contributed by atoms with E-state index in [4.69, 9.17) is 23.2 Å². The summed E-state index contributed by atoms with van der Waals surface area (Å²) in [6.07, 6.45) is 4.06. The molecule has 7 nitrogen and oxygen atoms in total. The molecule has 0 spiro atoms. The first-order valence-corrected chi connectivity index (χ1v) is 17.5. The van der Waals surface area contributed by atoms with Crippen molar-refractivity contribution in [3.05, 3.63) is 130 Å². The van der Waals surface area contributed by atoms with E-state index in [1.54, 1.807) is 61.5 Å². The van der Waals surface area contributed by atoms with Gasteiger partial charge in [-0.15, -0.1) is 0 Å². The van der Waals surface area contributed by atoms with Gasteiger partial charge in [-0.05, 0) is 72.9 Å². The van der Waals surface area contributed by atoms with Crippen LogP contribution in [0, 0.1) is 6.92 Å². The molecule has 1 aliphatic rings. The number of nitrogens with zero attached hydrogens (tertiary/aromatic N) is 2. The summed E-state index contributed by atoms with van der Waals surface area (Å²) < 4.78 is 29.5. The average Bonchev–Trinajstić information content (AvgIpc) is 3.56. The summed E-state index contributed by atoms with van der Waals surface area (Å²) in [5.74, 6) is -0.816. The van der Waals surface area contributed by atoms with Crippen molar-refractivity contribution < 1.29 is 18.0 Å². The molecule has 4 aromatic rings. The van der Waals surface area contributed by atoms with Crippen molar-refractivity contribution in [2.75, 3.05) is 10.8 Å². The molecule has 1 atom stereocenters. The minimum absolute atomic E-state index is 0.0259. The molecule has 0 radical (unpaired) electrons. The van der Waals surface area contributed by atoms with Gasteiger partial charge in [0.15, 0.2) is 0 Å². The number of hydrogen-bond donors (Lipinski definition) is 1. The molecule has 46 heavy (non-hydrogen) atoms. The number of anilines is 1. The highest BCUT2D eigenvalue weighted by Crippen LogP contribution is 2.30. The Hall–Kier alpha value is -3.85. The van der Waals surface area contributed by atoms with E-state index in [1.807, 2.05) is 36.4 Å². The molecule has 5 rings (SSSR count). The van der Waals surface area contributed by atoms with Gasteiger partial charge in [-0.3, -0.25) is 13.9 Å². The highest BCUT2D eigenvalue weighted by Gasteiger charge is 2.36. The predicted octanol–water partition coefficient (Wildman–Crippen LogP) is 7.20. The molecule has 2 amide bonds. The van der Waals surface area contributed by atoms with Crippen molar-refractivity contribution in [2.24, 2.45) is 0 Å². The Balaban J connectivity index is 1.58. The number of sulfonamides is 1. The average molecular weight is 679 g/mol. The van der Waals surface area contributed by atoms with Crippen LogP contribution in [0.3, 0.4) is 0 Å². The zero-order chi connectivity index (χ0) is 32.7. The third-order valence-corrected chi connectivity index (χ3v) is 10.5. The van der Waals surface area contributed by atoms with Crippen LogP contribution in [0.2, 0.25) is 10.0 Å². The number of carbonyl (C=O) groups excluding carboxylic acids is 2.